The molecule has 0 spiro atoms. The summed E-state index contributed by atoms with van der Waals surface area (Å²) in [5, 5.41) is 15.3. The van der Waals surface area contributed by atoms with Crippen LogP contribution in [0, 0.1) is 0 Å². The molecular formula is C13H16N4O4S. The average Bonchev–Trinajstić information content (AvgIpc) is 3.07. The molecule has 3 rings (SSSR count). The number of amides is 2. The number of anilines is 1. The molecule has 118 valence electrons. The van der Waals surface area contributed by atoms with Crippen LogP contribution in [0.25, 0.3) is 0 Å². The van der Waals surface area contributed by atoms with Crippen molar-refractivity contribution in [3.63, 3.8) is 0 Å². The quantitative estimate of drug-likeness (QED) is 0.828. The summed E-state index contributed by atoms with van der Waals surface area (Å²) in [7, 11) is 0. The zero-order valence-electron chi connectivity index (χ0n) is 12.0. The predicted octanol–water partition coefficient (Wildman–Crippen LogP) is 0.360. The Hall–Kier alpha value is -2.03. The number of hydrogen-bond acceptors (Lipinski definition) is 5. The van der Waals surface area contributed by atoms with E-state index in [1.54, 1.807) is 16.7 Å². The summed E-state index contributed by atoms with van der Waals surface area (Å²) in [6.07, 6.45) is 2.71. The Morgan fingerprint density at radius 3 is 3.09 bits per heavy atom. The highest BCUT2D eigenvalue weighted by atomic mass is 32.2. The molecule has 1 aromatic rings. The standard InChI is InChI=1S/C13H16N4O4S/c1-13-4-2-10(18)17(13)8(7-22-13)12(21)14-9-3-5-16(15-9)6-11(19)20/h3,5,8H,2,4,6-7H2,1H3,(H,19,20)(H,14,15,21)/t8-,13-/m1/s1. The number of nitrogens with one attached hydrogen (secondary N) is 1. The Bertz CT molecular complexity index is 646. The summed E-state index contributed by atoms with van der Waals surface area (Å²) >= 11 is 1.62. The number of thioether (sulfide) groups is 1. The van der Waals surface area contributed by atoms with Gasteiger partial charge in [0.15, 0.2) is 5.82 Å². The Morgan fingerprint density at radius 1 is 1.59 bits per heavy atom. The van der Waals surface area contributed by atoms with Crippen molar-refractivity contribution in [2.75, 3.05) is 11.1 Å². The van der Waals surface area contributed by atoms with Gasteiger partial charge in [0.05, 0.1) is 4.87 Å². The molecule has 8 nitrogen and oxygen atoms in total. The van der Waals surface area contributed by atoms with Gasteiger partial charge in [0, 0.05) is 24.4 Å². The lowest BCUT2D eigenvalue weighted by Crippen LogP contribution is -2.48. The molecule has 0 aliphatic carbocycles. The number of carboxylic acid groups (broad SMARTS) is 1. The van der Waals surface area contributed by atoms with Crippen molar-refractivity contribution >= 4 is 35.4 Å². The number of hydrogen-bond donors (Lipinski definition) is 2. The minimum Gasteiger partial charge on any atom is -0.480 e. The van der Waals surface area contributed by atoms with Crippen molar-refractivity contribution in [1.82, 2.24) is 14.7 Å². The second-order valence-electron chi connectivity index (χ2n) is 5.55. The van der Waals surface area contributed by atoms with Crippen LogP contribution in [0.15, 0.2) is 12.3 Å². The van der Waals surface area contributed by atoms with Crippen LogP contribution < -0.4 is 5.32 Å². The van der Waals surface area contributed by atoms with Gasteiger partial charge >= 0.3 is 5.97 Å². The van der Waals surface area contributed by atoms with Gasteiger partial charge in [-0.15, -0.1) is 11.8 Å². The Morgan fingerprint density at radius 2 is 2.36 bits per heavy atom. The summed E-state index contributed by atoms with van der Waals surface area (Å²) in [4.78, 5) is 36.4. The predicted molar refractivity (Wildman–Crippen MR) is 79.2 cm³/mol. The van der Waals surface area contributed by atoms with Gasteiger partial charge < -0.3 is 15.3 Å². The van der Waals surface area contributed by atoms with Crippen LogP contribution in [-0.2, 0) is 20.9 Å². The number of rotatable bonds is 4. The second kappa shape index (κ2) is 5.31. The molecule has 2 amide bonds. The number of aromatic nitrogens is 2. The molecule has 0 aromatic carbocycles. The van der Waals surface area contributed by atoms with E-state index in [0.29, 0.717) is 12.2 Å². The smallest absolute Gasteiger partial charge is 0.325 e. The fourth-order valence-electron chi connectivity index (χ4n) is 2.88. The van der Waals surface area contributed by atoms with Crippen LogP contribution in [0.3, 0.4) is 0 Å². The third-order valence-corrected chi connectivity index (χ3v) is 5.44. The topological polar surface area (TPSA) is 105 Å². The first-order chi connectivity index (χ1) is 10.4. The fourth-order valence-corrected chi connectivity index (χ4v) is 4.31. The first-order valence-corrected chi connectivity index (χ1v) is 7.90. The van der Waals surface area contributed by atoms with E-state index in [9.17, 15) is 14.4 Å². The molecule has 3 heterocycles. The minimum atomic E-state index is -1.01. The second-order valence-corrected chi connectivity index (χ2v) is 7.05. The van der Waals surface area contributed by atoms with Crippen molar-refractivity contribution in [2.24, 2.45) is 0 Å². The van der Waals surface area contributed by atoms with Crippen molar-refractivity contribution in [3.05, 3.63) is 12.3 Å². The van der Waals surface area contributed by atoms with Gasteiger partial charge in [0.25, 0.3) is 0 Å². The van der Waals surface area contributed by atoms with Crippen molar-refractivity contribution in [2.45, 2.75) is 37.2 Å². The van der Waals surface area contributed by atoms with E-state index in [1.807, 2.05) is 6.92 Å². The van der Waals surface area contributed by atoms with Crippen LogP contribution in [0.1, 0.15) is 19.8 Å². The summed E-state index contributed by atoms with van der Waals surface area (Å²) in [5.74, 6) is -0.441. The number of fused-ring (bicyclic) bond motifs is 1. The highest BCUT2D eigenvalue weighted by Crippen LogP contribution is 2.47. The maximum absolute atomic E-state index is 12.4. The van der Waals surface area contributed by atoms with Gasteiger partial charge in [0.2, 0.25) is 11.8 Å². The summed E-state index contributed by atoms with van der Waals surface area (Å²) in [6.45, 7) is 1.72. The first-order valence-electron chi connectivity index (χ1n) is 6.91. The first kappa shape index (κ1) is 14.9. The largest absolute Gasteiger partial charge is 0.480 e. The Kier molecular flexibility index (Phi) is 3.59. The van der Waals surface area contributed by atoms with Gasteiger partial charge in [-0.25, -0.2) is 0 Å². The van der Waals surface area contributed by atoms with E-state index in [0.717, 1.165) is 6.42 Å². The maximum atomic E-state index is 12.4. The molecule has 2 aliphatic heterocycles. The normalized spacial score (nSPS) is 27.0. The van der Waals surface area contributed by atoms with Crippen molar-refractivity contribution in [1.29, 1.82) is 0 Å². The van der Waals surface area contributed by atoms with Crippen LogP contribution >= 0.6 is 11.8 Å². The van der Waals surface area contributed by atoms with Crippen LogP contribution in [0.4, 0.5) is 5.82 Å². The molecule has 9 heteroatoms. The lowest BCUT2D eigenvalue weighted by atomic mass is 10.2. The molecule has 2 N–H and O–H groups in total. The number of nitrogens with zero attached hydrogens (tertiary/aromatic N) is 3. The molecular weight excluding hydrogens is 308 g/mol. The number of carbonyl (C=O) groups excluding carboxylic acids is 2. The Balaban J connectivity index is 1.68. The third kappa shape index (κ3) is 2.56. The van der Waals surface area contributed by atoms with E-state index in [-0.39, 0.29) is 29.0 Å². The zero-order valence-corrected chi connectivity index (χ0v) is 12.8. The molecule has 1 aromatic heterocycles. The highest BCUT2D eigenvalue weighted by Gasteiger charge is 2.52. The lowest BCUT2D eigenvalue weighted by Gasteiger charge is -2.29. The number of aliphatic carboxylic acids is 1. The SMILES string of the molecule is C[C@@]12CCC(=O)N1[C@@H](C(=O)Nc1ccn(CC(=O)O)n1)CS2. The van der Waals surface area contributed by atoms with Gasteiger partial charge in [-0.1, -0.05) is 0 Å². The molecule has 2 atom stereocenters. The van der Waals surface area contributed by atoms with Crippen LogP contribution in [0.5, 0.6) is 0 Å². The summed E-state index contributed by atoms with van der Waals surface area (Å²) in [5.41, 5.74) is 0. The molecule has 0 unspecified atom stereocenters. The molecule has 22 heavy (non-hydrogen) atoms. The molecule has 0 saturated carbocycles. The van der Waals surface area contributed by atoms with Crippen molar-refractivity contribution < 1.29 is 19.5 Å². The number of carboxylic acids is 1. The van der Waals surface area contributed by atoms with Gasteiger partial charge in [-0.05, 0) is 13.3 Å². The third-order valence-electron chi connectivity index (χ3n) is 3.94. The molecule has 2 saturated heterocycles. The monoisotopic (exact) mass is 324 g/mol. The molecule has 2 fully saturated rings. The van der Waals surface area contributed by atoms with E-state index in [4.69, 9.17) is 5.11 Å². The van der Waals surface area contributed by atoms with Crippen LogP contribution in [-0.4, -0.2) is 54.2 Å². The van der Waals surface area contributed by atoms with E-state index in [2.05, 4.69) is 10.4 Å². The lowest BCUT2D eigenvalue weighted by molar-refractivity contribution is -0.138. The summed E-state index contributed by atoms with van der Waals surface area (Å²) < 4.78 is 1.23. The molecule has 0 bridgehead atoms. The van der Waals surface area contributed by atoms with Gasteiger partial charge in [0.1, 0.15) is 12.6 Å². The number of carbonyl (C=O) groups is 3. The van der Waals surface area contributed by atoms with Gasteiger partial charge in [-0.2, -0.15) is 5.10 Å². The van der Waals surface area contributed by atoms with Crippen molar-refractivity contribution in [3.8, 4) is 0 Å². The summed E-state index contributed by atoms with van der Waals surface area (Å²) in [6, 6.07) is 1.03. The average molecular weight is 324 g/mol. The Labute approximate surface area is 130 Å². The van der Waals surface area contributed by atoms with Gasteiger partial charge in [-0.3, -0.25) is 19.1 Å². The van der Waals surface area contributed by atoms with Crippen LogP contribution in [0.2, 0.25) is 0 Å². The molecule has 0 radical (unpaired) electrons. The van der Waals surface area contributed by atoms with E-state index in [1.165, 1.54) is 16.9 Å². The minimum absolute atomic E-state index is 0.00376. The fraction of sp³-hybridized carbons (Fsp3) is 0.538. The van der Waals surface area contributed by atoms with E-state index >= 15 is 0 Å². The zero-order chi connectivity index (χ0) is 15.9. The highest BCUT2D eigenvalue weighted by molar-refractivity contribution is 8.01. The molecule has 2 aliphatic rings. The maximum Gasteiger partial charge on any atom is 0.325 e. The van der Waals surface area contributed by atoms with E-state index < -0.39 is 12.0 Å².